The molecule has 0 aliphatic heterocycles. The van der Waals surface area contributed by atoms with Crippen LogP contribution in [0, 0.1) is 6.92 Å². The summed E-state index contributed by atoms with van der Waals surface area (Å²) in [5.41, 5.74) is 1.49. The number of para-hydroxylation sites is 2. The molecule has 3 rings (SSSR count). The van der Waals surface area contributed by atoms with E-state index in [1.54, 1.807) is 25.1 Å². The minimum atomic E-state index is -0.658. The van der Waals surface area contributed by atoms with Gasteiger partial charge in [0.1, 0.15) is 0 Å². The minimum Gasteiger partial charge on any atom is -0.333 e. The van der Waals surface area contributed by atoms with E-state index in [4.69, 9.17) is 0 Å². The van der Waals surface area contributed by atoms with Crippen molar-refractivity contribution in [1.29, 1.82) is 0 Å². The number of nitrogens with zero attached hydrogens (tertiary/aromatic N) is 2. The Morgan fingerprint density at radius 3 is 2.39 bits per heavy atom. The fourth-order valence-electron chi connectivity index (χ4n) is 3.02. The number of benzene rings is 2. The fraction of sp³-hybridized carbons (Fsp3) is 0.304. The molecule has 0 spiro atoms. The van der Waals surface area contributed by atoms with Crippen molar-refractivity contribution in [2.75, 3.05) is 0 Å². The third kappa shape index (κ3) is 5.32. The zero-order chi connectivity index (χ0) is 22.8. The number of urea groups is 1. The highest BCUT2D eigenvalue weighted by molar-refractivity contribution is 8.00. The zero-order valence-electron chi connectivity index (χ0n) is 18.2. The molecule has 2 aromatic carbocycles. The van der Waals surface area contributed by atoms with E-state index in [9.17, 15) is 14.4 Å². The van der Waals surface area contributed by atoms with Crippen molar-refractivity contribution >= 4 is 34.6 Å². The highest BCUT2D eigenvalue weighted by Crippen LogP contribution is 2.26. The second kappa shape index (κ2) is 8.93. The van der Waals surface area contributed by atoms with Crippen LogP contribution in [0.3, 0.4) is 0 Å². The van der Waals surface area contributed by atoms with Gasteiger partial charge in [-0.1, -0.05) is 42.1 Å². The number of hydrogen-bond acceptors (Lipinski definition) is 5. The van der Waals surface area contributed by atoms with Gasteiger partial charge in [-0.25, -0.2) is 9.78 Å². The lowest BCUT2D eigenvalue weighted by Gasteiger charge is -2.21. The van der Waals surface area contributed by atoms with Gasteiger partial charge < -0.3 is 5.32 Å². The Labute approximate surface area is 185 Å². The van der Waals surface area contributed by atoms with Crippen LogP contribution in [-0.4, -0.2) is 32.3 Å². The molecule has 0 bridgehead atoms. The summed E-state index contributed by atoms with van der Waals surface area (Å²) < 4.78 is 1.53. The van der Waals surface area contributed by atoms with Gasteiger partial charge in [-0.2, -0.15) is 0 Å². The van der Waals surface area contributed by atoms with Crippen LogP contribution in [-0.2, 0) is 4.79 Å². The average Bonchev–Trinajstić information content (AvgIpc) is 2.67. The van der Waals surface area contributed by atoms with E-state index in [1.165, 1.54) is 4.57 Å². The quantitative estimate of drug-likeness (QED) is 0.477. The van der Waals surface area contributed by atoms with E-state index in [1.807, 2.05) is 58.0 Å². The number of carbonyl (C=O) groups excluding carboxylic acids is 2. The maximum absolute atomic E-state index is 13.3. The highest BCUT2D eigenvalue weighted by atomic mass is 32.2. The molecule has 1 aromatic heterocycles. The molecule has 7 nitrogen and oxygen atoms in total. The van der Waals surface area contributed by atoms with Gasteiger partial charge >= 0.3 is 6.03 Å². The number of thioether (sulfide) groups is 1. The first-order chi connectivity index (χ1) is 14.6. The molecule has 1 unspecified atom stereocenters. The molecule has 8 heteroatoms. The summed E-state index contributed by atoms with van der Waals surface area (Å²) in [7, 11) is 0. The molecule has 0 aliphatic rings. The first kappa shape index (κ1) is 22.6. The van der Waals surface area contributed by atoms with Crippen LogP contribution >= 0.6 is 11.8 Å². The van der Waals surface area contributed by atoms with Crippen LogP contribution in [0.2, 0.25) is 0 Å². The van der Waals surface area contributed by atoms with Gasteiger partial charge in [0.25, 0.3) is 5.56 Å². The van der Waals surface area contributed by atoms with Gasteiger partial charge in [-0.15, -0.1) is 0 Å². The van der Waals surface area contributed by atoms with E-state index in [0.717, 1.165) is 17.3 Å². The van der Waals surface area contributed by atoms with Crippen LogP contribution in [0.25, 0.3) is 16.6 Å². The van der Waals surface area contributed by atoms with E-state index < -0.39 is 22.7 Å². The third-order valence-electron chi connectivity index (χ3n) is 4.48. The number of amides is 3. The molecular weight excluding hydrogens is 412 g/mol. The molecule has 0 fully saturated rings. The summed E-state index contributed by atoms with van der Waals surface area (Å²) in [6.07, 6.45) is 0. The van der Waals surface area contributed by atoms with E-state index >= 15 is 0 Å². The molecule has 0 saturated heterocycles. The van der Waals surface area contributed by atoms with Crippen LogP contribution in [0.1, 0.15) is 33.3 Å². The molecular formula is C23H26N4O3S. The third-order valence-corrected chi connectivity index (χ3v) is 5.53. The van der Waals surface area contributed by atoms with Gasteiger partial charge in [0, 0.05) is 5.54 Å². The van der Waals surface area contributed by atoms with E-state index in [-0.39, 0.29) is 5.56 Å². The summed E-state index contributed by atoms with van der Waals surface area (Å²) in [6, 6.07) is 14.1. The van der Waals surface area contributed by atoms with Crippen molar-refractivity contribution in [1.82, 2.24) is 20.2 Å². The molecule has 0 saturated carbocycles. The zero-order valence-corrected chi connectivity index (χ0v) is 19.0. The van der Waals surface area contributed by atoms with Gasteiger partial charge in [0.2, 0.25) is 5.91 Å². The smallest absolute Gasteiger partial charge is 0.321 e. The SMILES string of the molecule is Cc1ccccc1-n1c(SC(C)C(=O)NC(=O)NC(C)(C)C)nc2ccccc2c1=O. The minimum absolute atomic E-state index is 0.208. The summed E-state index contributed by atoms with van der Waals surface area (Å²) in [6.45, 7) is 9.08. The van der Waals surface area contributed by atoms with Crippen molar-refractivity contribution in [3.05, 3.63) is 64.4 Å². The number of aryl methyl sites for hydroxylation is 1. The largest absolute Gasteiger partial charge is 0.333 e. The number of fused-ring (bicyclic) bond motifs is 1. The number of carbonyl (C=O) groups is 2. The first-order valence-electron chi connectivity index (χ1n) is 9.94. The molecule has 1 heterocycles. The van der Waals surface area contributed by atoms with Crippen molar-refractivity contribution in [3.63, 3.8) is 0 Å². The first-order valence-corrected chi connectivity index (χ1v) is 10.8. The van der Waals surface area contributed by atoms with Gasteiger partial charge in [0.15, 0.2) is 5.16 Å². The molecule has 31 heavy (non-hydrogen) atoms. The second-order valence-corrected chi connectivity index (χ2v) is 9.60. The lowest BCUT2D eigenvalue weighted by molar-refractivity contribution is -0.119. The Kier molecular flexibility index (Phi) is 6.50. The van der Waals surface area contributed by atoms with E-state index in [2.05, 4.69) is 15.6 Å². The number of hydrogen-bond donors (Lipinski definition) is 2. The van der Waals surface area contributed by atoms with Gasteiger partial charge in [-0.3, -0.25) is 19.5 Å². The van der Waals surface area contributed by atoms with Crippen LogP contribution in [0.5, 0.6) is 0 Å². The Morgan fingerprint density at radius 1 is 1.06 bits per heavy atom. The van der Waals surface area contributed by atoms with E-state index in [0.29, 0.717) is 21.7 Å². The predicted octanol–water partition coefficient (Wildman–Crippen LogP) is 3.80. The molecule has 2 N–H and O–H groups in total. The lowest BCUT2D eigenvalue weighted by atomic mass is 10.1. The summed E-state index contributed by atoms with van der Waals surface area (Å²) in [4.78, 5) is 42.7. The van der Waals surface area contributed by atoms with Gasteiger partial charge in [0.05, 0.1) is 21.8 Å². The maximum Gasteiger partial charge on any atom is 0.321 e. The lowest BCUT2D eigenvalue weighted by Crippen LogP contribution is -2.49. The Morgan fingerprint density at radius 2 is 1.71 bits per heavy atom. The Hall–Kier alpha value is -3.13. The van der Waals surface area contributed by atoms with Gasteiger partial charge in [-0.05, 0) is 58.4 Å². The number of aromatic nitrogens is 2. The molecule has 162 valence electrons. The summed E-state index contributed by atoms with van der Waals surface area (Å²) >= 11 is 1.13. The van der Waals surface area contributed by atoms with Crippen LogP contribution in [0.4, 0.5) is 4.79 Å². The van der Waals surface area contributed by atoms with Crippen molar-refractivity contribution in [2.45, 2.75) is 50.6 Å². The number of imide groups is 1. The standard InChI is InChI=1S/C23H26N4O3S/c1-14-10-6-9-13-18(14)27-20(29)16-11-7-8-12-17(16)24-22(27)31-15(2)19(28)25-21(30)26-23(3,4)5/h6-13,15H,1-5H3,(H2,25,26,28,30). The van der Waals surface area contributed by atoms with Crippen molar-refractivity contribution in [2.24, 2.45) is 0 Å². The Bertz CT molecular complexity index is 1200. The molecule has 0 radical (unpaired) electrons. The predicted molar refractivity (Wildman–Crippen MR) is 124 cm³/mol. The monoisotopic (exact) mass is 438 g/mol. The fourth-order valence-corrected chi connectivity index (χ4v) is 3.94. The van der Waals surface area contributed by atoms with Crippen molar-refractivity contribution in [3.8, 4) is 5.69 Å². The molecule has 3 aromatic rings. The molecule has 1 atom stereocenters. The number of nitrogens with one attached hydrogen (secondary N) is 2. The topological polar surface area (TPSA) is 93.1 Å². The van der Waals surface area contributed by atoms with Crippen LogP contribution in [0.15, 0.2) is 58.5 Å². The average molecular weight is 439 g/mol. The summed E-state index contributed by atoms with van der Waals surface area (Å²) in [5.74, 6) is -0.467. The molecule has 0 aliphatic carbocycles. The van der Waals surface area contributed by atoms with Crippen molar-refractivity contribution < 1.29 is 9.59 Å². The second-order valence-electron chi connectivity index (χ2n) is 8.29. The normalized spacial score (nSPS) is 12.4. The molecule has 3 amide bonds. The van der Waals surface area contributed by atoms with Crippen LogP contribution < -0.4 is 16.2 Å². The highest BCUT2D eigenvalue weighted by Gasteiger charge is 2.23. The Balaban J connectivity index is 1.99. The summed E-state index contributed by atoms with van der Waals surface area (Å²) in [5, 5.41) is 5.27. The number of rotatable bonds is 4. The maximum atomic E-state index is 13.3.